The monoisotopic (exact) mass is 334 g/mol. The summed E-state index contributed by atoms with van der Waals surface area (Å²) < 4.78 is 0.968. The van der Waals surface area contributed by atoms with Gasteiger partial charge in [-0.25, -0.2) is 0 Å². The van der Waals surface area contributed by atoms with Gasteiger partial charge in [0, 0.05) is 36.0 Å². The molecule has 0 saturated carbocycles. The zero-order chi connectivity index (χ0) is 13.9. The molecule has 0 aliphatic carbocycles. The van der Waals surface area contributed by atoms with Gasteiger partial charge in [-0.3, -0.25) is 9.97 Å². The second kappa shape index (κ2) is 6.06. The lowest BCUT2D eigenvalue weighted by Crippen LogP contribution is -2.37. The number of pyridine rings is 2. The highest BCUT2D eigenvalue weighted by atomic mass is 79.9. The van der Waals surface area contributed by atoms with Crippen LogP contribution in [0.3, 0.4) is 0 Å². The molecule has 1 atom stereocenters. The maximum Gasteiger partial charge on any atom is 0.112 e. The van der Waals surface area contributed by atoms with E-state index in [0.29, 0.717) is 6.04 Å². The van der Waals surface area contributed by atoms with Crippen molar-refractivity contribution in [2.24, 2.45) is 0 Å². The third-order valence-corrected chi connectivity index (χ3v) is 4.28. The molecule has 1 fully saturated rings. The van der Waals surface area contributed by atoms with E-state index in [1.165, 1.54) is 18.5 Å². The fraction of sp³-hybridized carbons (Fsp3) is 0.467. The smallest absolute Gasteiger partial charge is 0.112 e. The summed E-state index contributed by atoms with van der Waals surface area (Å²) in [6.45, 7) is 5.35. The number of nitrogens with one attached hydrogen (secondary N) is 1. The van der Waals surface area contributed by atoms with Gasteiger partial charge in [0.25, 0.3) is 0 Å². The minimum absolute atomic E-state index is 0.591. The predicted molar refractivity (Wildman–Crippen MR) is 86.1 cm³/mol. The van der Waals surface area contributed by atoms with Gasteiger partial charge in [0.2, 0.25) is 0 Å². The lowest BCUT2D eigenvalue weighted by Gasteiger charge is -2.27. The average Bonchev–Trinajstić information content (AvgIpc) is 2.97. The fourth-order valence-corrected chi connectivity index (χ4v) is 3.14. The molecule has 1 N–H and O–H groups in total. The van der Waals surface area contributed by atoms with E-state index in [0.717, 1.165) is 35.1 Å². The lowest BCUT2D eigenvalue weighted by atomic mass is 10.2. The molecule has 0 radical (unpaired) electrons. The Kier molecular flexibility index (Phi) is 4.17. The Hall–Kier alpha value is -1.20. The van der Waals surface area contributed by atoms with E-state index in [4.69, 9.17) is 0 Å². The van der Waals surface area contributed by atoms with Crippen molar-refractivity contribution in [3.05, 3.63) is 29.0 Å². The SMILES string of the molecule is CCN(CC1CCCN1)c1ccnc2cc(Br)cnc12. The minimum atomic E-state index is 0.591. The van der Waals surface area contributed by atoms with E-state index in [1.807, 2.05) is 18.5 Å². The summed E-state index contributed by atoms with van der Waals surface area (Å²) in [5, 5.41) is 3.56. The molecule has 3 rings (SSSR count). The highest BCUT2D eigenvalue weighted by molar-refractivity contribution is 9.10. The highest BCUT2D eigenvalue weighted by Crippen LogP contribution is 2.26. The number of nitrogens with zero attached hydrogens (tertiary/aromatic N) is 3. The first-order valence-corrected chi connectivity index (χ1v) is 7.96. The van der Waals surface area contributed by atoms with Crippen molar-refractivity contribution < 1.29 is 0 Å². The molecule has 2 aromatic rings. The summed E-state index contributed by atoms with van der Waals surface area (Å²) in [7, 11) is 0. The van der Waals surface area contributed by atoms with Crippen LogP contribution in [0.4, 0.5) is 5.69 Å². The second-order valence-electron chi connectivity index (χ2n) is 5.18. The largest absolute Gasteiger partial charge is 0.368 e. The normalized spacial score (nSPS) is 18.6. The zero-order valence-electron chi connectivity index (χ0n) is 11.6. The van der Waals surface area contributed by atoms with Gasteiger partial charge < -0.3 is 10.2 Å². The van der Waals surface area contributed by atoms with E-state index in [1.54, 1.807) is 0 Å². The molecule has 0 amide bonds. The Balaban J connectivity index is 1.94. The fourth-order valence-electron chi connectivity index (χ4n) is 2.82. The van der Waals surface area contributed by atoms with E-state index < -0.39 is 0 Å². The molecule has 4 nitrogen and oxygen atoms in total. The van der Waals surface area contributed by atoms with Crippen molar-refractivity contribution in [3.8, 4) is 0 Å². The van der Waals surface area contributed by atoms with E-state index >= 15 is 0 Å². The second-order valence-corrected chi connectivity index (χ2v) is 6.10. The van der Waals surface area contributed by atoms with Crippen LogP contribution < -0.4 is 10.2 Å². The number of aromatic nitrogens is 2. The van der Waals surface area contributed by atoms with Crippen LogP contribution in [0.2, 0.25) is 0 Å². The first-order valence-electron chi connectivity index (χ1n) is 7.16. The van der Waals surface area contributed by atoms with Crippen molar-refractivity contribution in [2.75, 3.05) is 24.5 Å². The first-order chi connectivity index (χ1) is 9.78. The molecule has 0 bridgehead atoms. The van der Waals surface area contributed by atoms with Crippen LogP contribution in [0.15, 0.2) is 29.0 Å². The molecular weight excluding hydrogens is 316 g/mol. The number of fused-ring (bicyclic) bond motifs is 1. The quantitative estimate of drug-likeness (QED) is 0.933. The first kappa shape index (κ1) is 13.8. The summed E-state index contributed by atoms with van der Waals surface area (Å²) in [4.78, 5) is 11.4. The zero-order valence-corrected chi connectivity index (χ0v) is 13.2. The van der Waals surface area contributed by atoms with E-state index in [2.05, 4.69) is 49.1 Å². The van der Waals surface area contributed by atoms with Gasteiger partial charge in [0.15, 0.2) is 0 Å². The Labute approximate surface area is 127 Å². The molecule has 3 heterocycles. The van der Waals surface area contributed by atoms with E-state index in [9.17, 15) is 0 Å². The van der Waals surface area contributed by atoms with Crippen molar-refractivity contribution in [1.82, 2.24) is 15.3 Å². The Bertz CT molecular complexity index is 595. The van der Waals surface area contributed by atoms with Crippen LogP contribution in [0, 0.1) is 0 Å². The Morgan fingerprint density at radius 2 is 2.35 bits per heavy atom. The lowest BCUT2D eigenvalue weighted by molar-refractivity contribution is 0.587. The van der Waals surface area contributed by atoms with Gasteiger partial charge in [0.1, 0.15) is 5.52 Å². The predicted octanol–water partition coefficient (Wildman–Crippen LogP) is 2.97. The molecular formula is C15H19BrN4. The third-order valence-electron chi connectivity index (χ3n) is 3.85. The molecule has 5 heteroatoms. The maximum atomic E-state index is 4.55. The van der Waals surface area contributed by atoms with Crippen molar-refractivity contribution in [3.63, 3.8) is 0 Å². The number of hydrogen-bond acceptors (Lipinski definition) is 4. The van der Waals surface area contributed by atoms with Gasteiger partial charge >= 0.3 is 0 Å². The number of rotatable bonds is 4. The van der Waals surface area contributed by atoms with Crippen LogP contribution in [0.5, 0.6) is 0 Å². The molecule has 0 aromatic carbocycles. The van der Waals surface area contributed by atoms with Gasteiger partial charge in [-0.1, -0.05) is 0 Å². The van der Waals surface area contributed by atoms with Crippen molar-refractivity contribution in [1.29, 1.82) is 0 Å². The molecule has 1 aliphatic rings. The Morgan fingerprint density at radius 3 is 3.10 bits per heavy atom. The third kappa shape index (κ3) is 2.79. The molecule has 106 valence electrons. The van der Waals surface area contributed by atoms with E-state index in [-0.39, 0.29) is 0 Å². The van der Waals surface area contributed by atoms with Crippen molar-refractivity contribution in [2.45, 2.75) is 25.8 Å². The Morgan fingerprint density at radius 1 is 1.45 bits per heavy atom. The summed E-state index contributed by atoms with van der Waals surface area (Å²) in [5.74, 6) is 0. The maximum absolute atomic E-state index is 4.55. The molecule has 20 heavy (non-hydrogen) atoms. The summed E-state index contributed by atoms with van der Waals surface area (Å²) in [6.07, 6.45) is 6.26. The molecule has 1 saturated heterocycles. The number of halogens is 1. The molecule has 1 unspecified atom stereocenters. The highest BCUT2D eigenvalue weighted by Gasteiger charge is 2.19. The van der Waals surface area contributed by atoms with Crippen LogP contribution in [0.1, 0.15) is 19.8 Å². The summed E-state index contributed by atoms with van der Waals surface area (Å²) in [6, 6.07) is 4.68. The summed E-state index contributed by atoms with van der Waals surface area (Å²) >= 11 is 3.46. The van der Waals surface area contributed by atoms with Crippen LogP contribution in [0.25, 0.3) is 11.0 Å². The average molecular weight is 335 g/mol. The van der Waals surface area contributed by atoms with Gasteiger partial charge in [-0.05, 0) is 54.4 Å². The number of anilines is 1. The standard InChI is InChI=1S/C15H19BrN4/c1-2-20(10-12-4-3-6-17-12)14-5-7-18-13-8-11(16)9-19-15(13)14/h5,7-9,12,17H,2-4,6,10H2,1H3. The van der Waals surface area contributed by atoms with Gasteiger partial charge in [-0.2, -0.15) is 0 Å². The van der Waals surface area contributed by atoms with Crippen molar-refractivity contribution >= 4 is 32.7 Å². The van der Waals surface area contributed by atoms with Crippen LogP contribution in [-0.2, 0) is 0 Å². The minimum Gasteiger partial charge on any atom is -0.368 e. The molecule has 0 spiro atoms. The number of hydrogen-bond donors (Lipinski definition) is 1. The van der Waals surface area contributed by atoms with Crippen LogP contribution >= 0.6 is 15.9 Å². The topological polar surface area (TPSA) is 41.0 Å². The molecule has 2 aromatic heterocycles. The molecule has 1 aliphatic heterocycles. The van der Waals surface area contributed by atoms with Crippen LogP contribution in [-0.4, -0.2) is 35.6 Å². The summed E-state index contributed by atoms with van der Waals surface area (Å²) in [5.41, 5.74) is 3.10. The van der Waals surface area contributed by atoms with Gasteiger partial charge in [-0.15, -0.1) is 0 Å². The number of likely N-dealkylation sites (N-methyl/N-ethyl adjacent to an activating group) is 1. The van der Waals surface area contributed by atoms with Gasteiger partial charge in [0.05, 0.1) is 11.2 Å².